The van der Waals surface area contributed by atoms with Crippen molar-refractivity contribution < 1.29 is 106 Å². The summed E-state index contributed by atoms with van der Waals surface area (Å²) in [6.45, 7) is 16.4. The van der Waals surface area contributed by atoms with Crippen molar-refractivity contribution in [2.24, 2.45) is 5.73 Å². The molecule has 2 aliphatic heterocycles. The molecule has 2 aliphatic rings. The van der Waals surface area contributed by atoms with Gasteiger partial charge in [0.1, 0.15) is 70.0 Å². The number of anilines is 1. The maximum absolute atomic E-state index is 14.1. The zero-order valence-corrected chi connectivity index (χ0v) is 83.7. The standard InChI is InChI=1S/C19H14Cl2FN3O.C16H20ClFN2O5S.C16H18ClFN2O4.2C13H12ClFN2O3.C11H12ClFN2.C8H5ClFN/c1-8-4-11-10-6-14(22)13(21)7-16(10)23-17(11)19(25-8)12-5-9(20)2-3-15(12)24-18(19)26;1-16(2,3)24-15(21)20-14(25-26(4,22)23)5-9-8-19-13-7-11(17)12(18)6-10(9)13;1-16(2,3)24-15(23)20-13(14(21)22)4-8-7-19-12-6-10(17)11(18)5-9(8)12;2*1-6(18)17-12(13(19)20)2-7-5-16-11-4-9(14)10(15)3-8(7)11;1-6(14)2-7-5-15-11-4-9(12)10(13)3-8(7)11;9-6-4-8-5(1-2-11-8)3-7(6)10/h2-3,5-8,23,25H,4H2,1H3,(H,24,26);6-8,14,19H,5H2,1-4H3,(H,20,21);5-7,13,19H,4H2,1-3H3,(H,20,23)(H,21,22);2*3-5,12,16H,2H2,1H3,(H,17,18)(H,19,20);3-6,15H,2,14H2,1H3;1-4,11H/t8-,19+;14-;13-;12-;;6-;/m0011.0./s1. The molecule has 0 bridgehead atoms. The van der Waals surface area contributed by atoms with Gasteiger partial charge in [0, 0.05) is 181 Å². The number of benzene rings is 8. The van der Waals surface area contributed by atoms with E-state index in [-0.39, 0.29) is 84.6 Å². The lowest BCUT2D eigenvalue weighted by Crippen LogP contribution is -2.56. The summed E-state index contributed by atoms with van der Waals surface area (Å²) in [5.74, 6) is -8.18. The number of aromatic nitrogens is 7. The summed E-state index contributed by atoms with van der Waals surface area (Å²) >= 11 is 46.2. The zero-order chi connectivity index (χ0) is 105. The van der Waals surface area contributed by atoms with Crippen LogP contribution in [0.4, 0.5) is 46.0 Å². The number of H-pyrrole nitrogens is 7. The minimum atomic E-state index is -3.86. The summed E-state index contributed by atoms with van der Waals surface area (Å²) in [6, 6.07) is 23.6. The molecule has 46 heteroatoms. The molecule has 0 saturated heterocycles. The van der Waals surface area contributed by atoms with E-state index in [1.807, 2.05) is 20.0 Å². The fourth-order valence-electron chi connectivity index (χ4n) is 15.5. The summed E-state index contributed by atoms with van der Waals surface area (Å²) in [6.07, 6.45) is 9.30. The molecule has 9 heterocycles. The first-order chi connectivity index (χ1) is 66.4. The zero-order valence-electron chi connectivity index (χ0n) is 76.9. The monoisotopic (exact) mass is 2140 g/mol. The van der Waals surface area contributed by atoms with E-state index in [9.17, 15) is 82.6 Å². The molecule has 7 aromatic heterocycles. The number of carboxylic acid groups (broad SMARTS) is 3. The normalized spacial score (nSPS) is 14.8. The van der Waals surface area contributed by atoms with E-state index in [4.69, 9.17) is 122 Å². The number of halogens is 15. The molecule has 0 aliphatic carbocycles. The Bertz CT molecular complexity index is 7310. The predicted molar refractivity (Wildman–Crippen MR) is 533 cm³/mol. The van der Waals surface area contributed by atoms with Crippen molar-refractivity contribution in [1.82, 2.24) is 61.5 Å². The number of ether oxygens (including phenoxy) is 2. The minimum absolute atomic E-state index is 0.0101. The molecule has 754 valence electrons. The Morgan fingerprint density at radius 1 is 0.465 bits per heavy atom. The van der Waals surface area contributed by atoms with E-state index < -0.39 is 128 Å². The van der Waals surface area contributed by atoms with Crippen molar-refractivity contribution in [3.63, 3.8) is 0 Å². The maximum atomic E-state index is 14.1. The number of alkyl carbamates (subject to hydrolysis) is 2. The Morgan fingerprint density at radius 2 is 0.803 bits per heavy atom. The molecule has 8 aromatic carbocycles. The summed E-state index contributed by atoms with van der Waals surface area (Å²) in [4.78, 5) is 113. The third-order valence-corrected chi connectivity index (χ3v) is 24.3. The van der Waals surface area contributed by atoms with Gasteiger partial charge in [-0.15, -0.1) is 0 Å². The first-order valence-corrected chi connectivity index (χ1v) is 47.7. The van der Waals surface area contributed by atoms with Crippen LogP contribution in [-0.4, -0.2) is 160 Å². The van der Waals surface area contributed by atoms with Crippen LogP contribution < -0.4 is 37.6 Å². The lowest BCUT2D eigenvalue weighted by atomic mass is 9.80. The molecule has 1 unspecified atom stereocenters. The Labute approximate surface area is 845 Å². The van der Waals surface area contributed by atoms with Gasteiger partial charge in [-0.25, -0.2) is 58.9 Å². The first-order valence-electron chi connectivity index (χ1n) is 42.8. The quantitative estimate of drug-likeness (QED) is 0.0203. The van der Waals surface area contributed by atoms with Crippen LogP contribution in [0, 0.1) is 40.7 Å². The second-order valence-electron chi connectivity index (χ2n) is 35.0. The van der Waals surface area contributed by atoms with Crippen molar-refractivity contribution in [1.29, 1.82) is 0 Å². The molecule has 0 radical (unpaired) electrons. The summed E-state index contributed by atoms with van der Waals surface area (Å²) in [5, 5.41) is 48.5. The molecule has 0 saturated carbocycles. The highest BCUT2D eigenvalue weighted by molar-refractivity contribution is 7.86. The molecule has 18 N–H and O–H groups in total. The maximum Gasteiger partial charge on any atom is 0.409 e. The van der Waals surface area contributed by atoms with Crippen LogP contribution in [0.3, 0.4) is 0 Å². The van der Waals surface area contributed by atoms with Crippen molar-refractivity contribution in [3.8, 4) is 0 Å². The summed E-state index contributed by atoms with van der Waals surface area (Å²) < 4.78 is 133. The largest absolute Gasteiger partial charge is 0.480 e. The van der Waals surface area contributed by atoms with E-state index in [2.05, 4.69) is 66.8 Å². The van der Waals surface area contributed by atoms with Gasteiger partial charge in [-0.1, -0.05) is 92.8 Å². The van der Waals surface area contributed by atoms with Crippen molar-refractivity contribution in [3.05, 3.63) is 272 Å². The Balaban J connectivity index is 0.000000160. The highest BCUT2D eigenvalue weighted by atomic mass is 35.5. The van der Waals surface area contributed by atoms with Crippen LogP contribution in [0.25, 0.3) is 76.3 Å². The average Bonchev–Trinajstić information content (AvgIpc) is 1.54. The van der Waals surface area contributed by atoms with Crippen LogP contribution in [0.1, 0.15) is 114 Å². The molecule has 0 fully saturated rings. The molecular formula is C96H93Cl8F7N14O16S. The predicted octanol–water partition coefficient (Wildman–Crippen LogP) is 21.1. The minimum Gasteiger partial charge on any atom is -0.480 e. The Kier molecular flexibility index (Phi) is 35.5. The molecular weight excluding hydrogens is 2050 g/mol. The fraction of sp³-hybridized carbons (Fsp3) is 0.271. The number of fused-ring (bicyclic) bond motifs is 12. The number of aromatic amines is 7. The number of carbonyl (C=O) groups is 8. The van der Waals surface area contributed by atoms with Crippen molar-refractivity contribution >= 4 is 233 Å². The topological polar surface area (TPSA) is 468 Å². The van der Waals surface area contributed by atoms with Crippen molar-refractivity contribution in [2.75, 3.05) is 11.6 Å². The second kappa shape index (κ2) is 45.9. The van der Waals surface area contributed by atoms with Gasteiger partial charge in [0.2, 0.25) is 11.8 Å². The fourth-order valence-corrected chi connectivity index (χ4v) is 17.4. The second-order valence-corrected chi connectivity index (χ2v) is 39.9. The van der Waals surface area contributed by atoms with Gasteiger partial charge in [-0.3, -0.25) is 25.0 Å². The van der Waals surface area contributed by atoms with Gasteiger partial charge in [-0.2, -0.15) is 8.42 Å². The van der Waals surface area contributed by atoms with Gasteiger partial charge in [0.25, 0.3) is 16.0 Å². The van der Waals surface area contributed by atoms with E-state index in [0.717, 1.165) is 62.2 Å². The molecule has 1 spiro atoms. The number of nitrogens with one attached hydrogen (secondary N) is 13. The van der Waals surface area contributed by atoms with E-state index in [1.165, 1.54) is 80.6 Å². The number of rotatable bonds is 19. The lowest BCUT2D eigenvalue weighted by molar-refractivity contribution is -0.141. The smallest absolute Gasteiger partial charge is 0.409 e. The van der Waals surface area contributed by atoms with Gasteiger partial charge >= 0.3 is 30.1 Å². The first kappa shape index (κ1) is 110. The van der Waals surface area contributed by atoms with Gasteiger partial charge < -0.3 is 86.7 Å². The lowest BCUT2D eigenvalue weighted by Gasteiger charge is -2.37. The van der Waals surface area contributed by atoms with Gasteiger partial charge in [0.05, 0.1) is 47.1 Å². The number of aliphatic carboxylic acids is 3. The number of hydrogen-bond donors (Lipinski definition) is 17. The van der Waals surface area contributed by atoms with Crippen LogP contribution in [0.15, 0.2) is 146 Å². The summed E-state index contributed by atoms with van der Waals surface area (Å²) in [5.41, 5.74) is 14.3. The molecule has 17 rings (SSSR count). The van der Waals surface area contributed by atoms with Crippen molar-refractivity contribution in [2.45, 2.75) is 161 Å². The number of nitrogens with two attached hydrogens (primary N) is 1. The number of hydrogen-bond acceptors (Lipinski definition) is 15. The SMILES string of the molecule is CC(=O)NC(Cc1c[nH]c2cc(Cl)c(F)cc12)C(=O)O.CC(=O)N[C@H](Cc1c[nH]c2cc(Cl)c(F)cc12)C(=O)O.CC(C)(C)OC(=O)N[C@H](Cc1c[nH]c2cc(Cl)c(F)cc12)C(=O)O.CC(C)(C)OC(=O)N[C@H](Cc1c[nH]c2cc(Cl)c(F)cc12)OS(C)(=O)=O.C[C@H](N)Cc1c[nH]c2cc(Cl)c(F)cc12.C[C@H]1Cc2c([nH]c3cc(Cl)c(F)cc23)[C@@]2(N1)C(=O)Nc1ccc(Cl)cc12.Fc1cc2cc[nH]c2cc1Cl. The molecule has 7 atom stereocenters. The van der Waals surface area contributed by atoms with E-state index in [1.54, 1.807) is 115 Å². The van der Waals surface area contributed by atoms with Crippen LogP contribution in [0.5, 0.6) is 0 Å². The summed E-state index contributed by atoms with van der Waals surface area (Å²) in [7, 11) is -3.86. The van der Waals surface area contributed by atoms with E-state index >= 15 is 0 Å². The van der Waals surface area contributed by atoms with Crippen LogP contribution in [-0.2, 0) is 96.6 Å². The third kappa shape index (κ3) is 28.1. The molecule has 5 amide bonds. The number of amides is 5. The average molecular weight is 2150 g/mol. The molecule has 30 nitrogen and oxygen atoms in total. The number of carboxylic acids is 3. The Hall–Kier alpha value is -12.4. The highest BCUT2D eigenvalue weighted by Gasteiger charge is 2.54. The Morgan fingerprint density at radius 3 is 1.16 bits per heavy atom. The van der Waals surface area contributed by atoms with Crippen LogP contribution in [0.2, 0.25) is 40.2 Å². The highest BCUT2D eigenvalue weighted by Crippen LogP contribution is 2.48. The number of carbonyl (C=O) groups excluding carboxylic acids is 5. The molecule has 142 heavy (non-hydrogen) atoms. The van der Waals surface area contributed by atoms with Gasteiger partial charge in [0.15, 0.2) is 11.8 Å². The molecule has 15 aromatic rings. The third-order valence-electron chi connectivity index (χ3n) is 21.4. The van der Waals surface area contributed by atoms with Gasteiger partial charge in [-0.05, 0) is 211 Å². The van der Waals surface area contributed by atoms with E-state index in [0.29, 0.717) is 88.5 Å². The van der Waals surface area contributed by atoms with Crippen LogP contribution >= 0.6 is 92.8 Å².